The van der Waals surface area contributed by atoms with E-state index in [1.807, 2.05) is 0 Å². The number of aliphatic carboxylic acids is 2. The SMILES string of the molecule is O=COC(C(=O)NC1C(=O)N2C(C(=O)[O-])=C(C(CC(=O)[O-])Sc3nn[nH]n3)CS[C@@H]12)c1ccccc1.[K+].[K+]. The molecular formula is C20H16K2N6O8S2. The summed E-state index contributed by atoms with van der Waals surface area (Å²) in [4.78, 5) is 61.1. The predicted octanol–water partition coefficient (Wildman–Crippen LogP) is -8.87. The van der Waals surface area contributed by atoms with E-state index in [-0.39, 0.29) is 126 Å². The third kappa shape index (κ3) is 7.55. The molecule has 1 aromatic carbocycles. The number of benzene rings is 1. The van der Waals surface area contributed by atoms with Gasteiger partial charge in [0.05, 0.1) is 11.7 Å². The summed E-state index contributed by atoms with van der Waals surface area (Å²) in [7, 11) is 0. The first-order valence-electron chi connectivity index (χ1n) is 10.2. The van der Waals surface area contributed by atoms with E-state index in [0.717, 1.165) is 28.4 Å². The van der Waals surface area contributed by atoms with Crippen molar-refractivity contribution in [1.29, 1.82) is 0 Å². The van der Waals surface area contributed by atoms with Crippen molar-refractivity contribution in [3.8, 4) is 0 Å². The van der Waals surface area contributed by atoms with Crippen LogP contribution >= 0.6 is 23.5 Å². The van der Waals surface area contributed by atoms with Gasteiger partial charge in [-0.15, -0.1) is 22.0 Å². The van der Waals surface area contributed by atoms with Gasteiger partial charge in [-0.25, -0.2) is 0 Å². The molecule has 0 bridgehead atoms. The smallest absolute Gasteiger partial charge is 0.550 e. The standard InChI is InChI=1S/C20H18N6O8S2.2K/c27-8-34-15(9-4-2-1-3-5-9)16(30)21-13-17(31)26-14(19(32)33)10(7-35-18(13)26)11(6-12(28)29)36-20-22-24-25-23-20;;/h1-5,8,11,13,15,18H,6-7H2,(H,21,30)(H,28,29)(H,32,33)(H,22,23,24,25);;/q;2*+1/p-2/t11?,13?,15?,18-;;/m0../s1. The average Bonchev–Trinajstić information content (AvgIpc) is 3.37. The fourth-order valence-corrected chi connectivity index (χ4v) is 6.32. The Labute approximate surface area is 308 Å². The van der Waals surface area contributed by atoms with Crippen LogP contribution in [-0.4, -0.2) is 78.2 Å². The van der Waals surface area contributed by atoms with Crippen LogP contribution in [0.25, 0.3) is 0 Å². The van der Waals surface area contributed by atoms with E-state index in [0.29, 0.717) is 5.56 Å². The van der Waals surface area contributed by atoms with Crippen LogP contribution in [0.1, 0.15) is 18.1 Å². The van der Waals surface area contributed by atoms with Crippen molar-refractivity contribution in [2.75, 3.05) is 5.75 Å². The summed E-state index contributed by atoms with van der Waals surface area (Å²) in [6.45, 7) is 0.115. The summed E-state index contributed by atoms with van der Waals surface area (Å²) < 4.78 is 4.90. The number of carbonyl (C=O) groups excluding carboxylic acids is 5. The third-order valence-electron chi connectivity index (χ3n) is 5.34. The minimum Gasteiger partial charge on any atom is -0.550 e. The number of amides is 2. The predicted molar refractivity (Wildman–Crippen MR) is 117 cm³/mol. The number of β-lactam (4-membered cyclic amide) rings is 1. The van der Waals surface area contributed by atoms with Crippen molar-refractivity contribution in [3.63, 3.8) is 0 Å². The Kier molecular flexibility index (Phi) is 13.6. The quantitative estimate of drug-likeness (QED) is 0.105. The molecule has 0 aliphatic carbocycles. The second kappa shape index (κ2) is 15.4. The topological polar surface area (TPSA) is 210 Å². The van der Waals surface area contributed by atoms with Crippen LogP contribution in [0.4, 0.5) is 0 Å². The molecule has 18 heteroatoms. The minimum absolute atomic E-state index is 0. The van der Waals surface area contributed by atoms with Gasteiger partial charge in [0, 0.05) is 29.0 Å². The molecule has 3 unspecified atom stereocenters. The zero-order chi connectivity index (χ0) is 25.8. The number of carbonyl (C=O) groups is 5. The molecule has 0 radical (unpaired) electrons. The van der Waals surface area contributed by atoms with Crippen LogP contribution in [0, 0.1) is 0 Å². The van der Waals surface area contributed by atoms with Crippen molar-refractivity contribution >= 4 is 53.7 Å². The number of nitrogens with zero attached hydrogens (tertiary/aromatic N) is 4. The number of ether oxygens (including phenoxy) is 1. The van der Waals surface area contributed by atoms with Gasteiger partial charge in [-0.3, -0.25) is 19.3 Å². The van der Waals surface area contributed by atoms with Gasteiger partial charge < -0.3 is 29.9 Å². The zero-order valence-corrected chi connectivity index (χ0v) is 27.9. The Bertz CT molecular complexity index is 1220. The van der Waals surface area contributed by atoms with Crippen LogP contribution in [0.2, 0.25) is 0 Å². The Morgan fingerprint density at radius 3 is 2.55 bits per heavy atom. The number of carboxylic acids is 2. The Morgan fingerprint density at radius 2 is 1.97 bits per heavy atom. The summed E-state index contributed by atoms with van der Waals surface area (Å²) in [5.41, 5.74) is 0.00307. The van der Waals surface area contributed by atoms with Crippen molar-refractivity contribution in [2.45, 2.75) is 34.3 Å². The molecule has 2 amide bonds. The van der Waals surface area contributed by atoms with Crippen LogP contribution < -0.4 is 118 Å². The number of hydrogen-bond acceptors (Lipinski definition) is 13. The van der Waals surface area contributed by atoms with E-state index in [2.05, 4.69) is 25.9 Å². The second-order valence-electron chi connectivity index (χ2n) is 7.46. The van der Waals surface area contributed by atoms with E-state index in [1.165, 1.54) is 0 Å². The molecule has 4 rings (SSSR count). The molecule has 1 aromatic heterocycles. The van der Waals surface area contributed by atoms with Crippen LogP contribution in [-0.2, 0) is 28.7 Å². The molecule has 14 nitrogen and oxygen atoms in total. The molecule has 2 aromatic rings. The molecule has 38 heavy (non-hydrogen) atoms. The molecule has 0 saturated carbocycles. The molecule has 1 saturated heterocycles. The minimum atomic E-state index is -1.68. The number of fused-ring (bicyclic) bond motifs is 1. The number of tetrazole rings is 1. The van der Waals surface area contributed by atoms with Crippen LogP contribution in [0.15, 0.2) is 46.8 Å². The summed E-state index contributed by atoms with van der Waals surface area (Å²) in [5.74, 6) is -4.63. The average molecular weight is 611 g/mol. The first kappa shape index (κ1) is 33.6. The van der Waals surface area contributed by atoms with Crippen molar-refractivity contribution in [1.82, 2.24) is 30.8 Å². The number of aromatic nitrogens is 4. The van der Waals surface area contributed by atoms with Gasteiger partial charge in [0.1, 0.15) is 11.4 Å². The van der Waals surface area contributed by atoms with Gasteiger partial charge in [0.2, 0.25) is 11.3 Å². The monoisotopic (exact) mass is 610 g/mol. The number of thioether (sulfide) groups is 2. The molecule has 188 valence electrons. The molecule has 2 aliphatic rings. The fourth-order valence-electron chi connectivity index (χ4n) is 3.80. The Morgan fingerprint density at radius 1 is 1.26 bits per heavy atom. The summed E-state index contributed by atoms with van der Waals surface area (Å²) >= 11 is 1.97. The number of aromatic amines is 1. The molecule has 3 heterocycles. The van der Waals surface area contributed by atoms with Gasteiger partial charge in [-0.1, -0.05) is 42.1 Å². The molecule has 0 spiro atoms. The normalized spacial score (nSPS) is 19.5. The van der Waals surface area contributed by atoms with E-state index in [4.69, 9.17) is 4.74 Å². The number of carboxylic acid groups (broad SMARTS) is 2. The van der Waals surface area contributed by atoms with Crippen LogP contribution in [0.3, 0.4) is 0 Å². The van der Waals surface area contributed by atoms with Crippen molar-refractivity contribution < 1.29 is 142 Å². The van der Waals surface area contributed by atoms with E-state index < -0.39 is 58.6 Å². The zero-order valence-electron chi connectivity index (χ0n) is 20.1. The first-order chi connectivity index (χ1) is 17.3. The molecule has 2 N–H and O–H groups in total. The maximum absolute atomic E-state index is 13.0. The van der Waals surface area contributed by atoms with E-state index >= 15 is 0 Å². The first-order valence-corrected chi connectivity index (χ1v) is 12.2. The maximum Gasteiger partial charge on any atom is 1.00 e. The van der Waals surface area contributed by atoms with Crippen molar-refractivity contribution in [2.24, 2.45) is 0 Å². The second-order valence-corrected chi connectivity index (χ2v) is 9.73. The van der Waals surface area contributed by atoms with Crippen molar-refractivity contribution in [3.05, 3.63) is 47.2 Å². The fraction of sp³-hybridized carbons (Fsp3) is 0.300. The summed E-state index contributed by atoms with van der Waals surface area (Å²) in [6, 6.07) is 7.03. The molecular weight excluding hydrogens is 595 g/mol. The van der Waals surface area contributed by atoms with Gasteiger partial charge >= 0.3 is 103 Å². The number of nitrogens with one attached hydrogen (secondary N) is 2. The molecule has 4 atom stereocenters. The number of rotatable bonds is 11. The van der Waals surface area contributed by atoms with Gasteiger partial charge in [-0.2, -0.15) is 5.21 Å². The van der Waals surface area contributed by atoms with Gasteiger partial charge in [0.25, 0.3) is 18.3 Å². The van der Waals surface area contributed by atoms with E-state index in [9.17, 15) is 34.2 Å². The van der Waals surface area contributed by atoms with Crippen LogP contribution in [0.5, 0.6) is 0 Å². The summed E-state index contributed by atoms with van der Waals surface area (Å²) in [6.07, 6.45) is -1.90. The Hall–Kier alpha value is -0.647. The third-order valence-corrected chi connectivity index (χ3v) is 7.76. The van der Waals surface area contributed by atoms with Gasteiger partial charge in [0.15, 0.2) is 0 Å². The maximum atomic E-state index is 13.0. The number of hydrogen-bond donors (Lipinski definition) is 2. The largest absolute Gasteiger partial charge is 1.00 e. The molecule has 2 aliphatic heterocycles. The van der Waals surface area contributed by atoms with Gasteiger partial charge in [-0.05, 0) is 10.8 Å². The summed E-state index contributed by atoms with van der Waals surface area (Å²) in [5, 5.41) is 37.3. The number of H-pyrrole nitrogens is 1. The van der Waals surface area contributed by atoms with E-state index in [1.54, 1.807) is 30.3 Å². The molecule has 1 fully saturated rings. The Balaban J connectivity index is 0.00000253.